The summed E-state index contributed by atoms with van der Waals surface area (Å²) in [5, 5.41) is 7.09. The second kappa shape index (κ2) is 6.89. The fourth-order valence-electron chi connectivity index (χ4n) is 3.14. The van der Waals surface area contributed by atoms with E-state index in [1.807, 2.05) is 17.5 Å². The van der Waals surface area contributed by atoms with Crippen LogP contribution in [-0.2, 0) is 6.42 Å². The minimum atomic E-state index is -0.225. The van der Waals surface area contributed by atoms with E-state index in [9.17, 15) is 0 Å². The number of nitrogens with zero attached hydrogens (tertiary/aromatic N) is 1. The molecule has 2 heterocycles. The second-order valence-corrected chi connectivity index (χ2v) is 8.67. The molecule has 1 N–H and O–H groups in total. The van der Waals surface area contributed by atoms with Crippen molar-refractivity contribution in [1.29, 1.82) is 0 Å². The van der Waals surface area contributed by atoms with Crippen molar-refractivity contribution in [1.82, 2.24) is 4.98 Å². The monoisotopic (exact) mass is 420 g/mol. The number of hydrogen-bond acceptors (Lipinski definition) is 5. The summed E-state index contributed by atoms with van der Waals surface area (Å²) >= 11 is 13.6. The summed E-state index contributed by atoms with van der Waals surface area (Å²) in [5.41, 5.74) is 3.64. The molecule has 0 saturated carbocycles. The third-order valence-corrected chi connectivity index (χ3v) is 5.81. The maximum atomic E-state index is 6.08. The summed E-state index contributed by atoms with van der Waals surface area (Å²) in [6.07, 6.45) is 0.838. The van der Waals surface area contributed by atoms with Gasteiger partial charge in [-0.25, -0.2) is 4.98 Å². The molecule has 0 fully saturated rings. The molecule has 0 bridgehead atoms. The Morgan fingerprint density at radius 2 is 2.00 bits per heavy atom. The Kier molecular flexibility index (Phi) is 4.70. The van der Waals surface area contributed by atoms with E-state index in [1.165, 1.54) is 11.3 Å². The van der Waals surface area contributed by atoms with Crippen LogP contribution in [0.5, 0.6) is 11.5 Å². The lowest BCUT2D eigenvalue weighted by atomic mass is 9.99. The second-order valence-electron chi connectivity index (χ2n) is 7.00. The molecule has 0 amide bonds. The van der Waals surface area contributed by atoms with Gasteiger partial charge in [-0.15, -0.1) is 11.3 Å². The van der Waals surface area contributed by atoms with E-state index in [2.05, 4.69) is 25.2 Å². The van der Waals surface area contributed by atoms with Crippen molar-refractivity contribution in [3.8, 4) is 22.8 Å². The van der Waals surface area contributed by atoms with Crippen molar-refractivity contribution < 1.29 is 9.47 Å². The summed E-state index contributed by atoms with van der Waals surface area (Å²) in [6.45, 7) is 4.16. The van der Waals surface area contributed by atoms with Crippen LogP contribution in [0, 0.1) is 0 Å². The molecule has 27 heavy (non-hydrogen) atoms. The first kappa shape index (κ1) is 18.4. The molecule has 4 nitrogen and oxygen atoms in total. The fourth-order valence-corrected chi connectivity index (χ4v) is 4.18. The Balaban J connectivity index is 1.63. The lowest BCUT2D eigenvalue weighted by molar-refractivity contribution is 0.134. The molecule has 1 aliphatic rings. The minimum Gasteiger partial charge on any atom is -0.493 e. The molecule has 0 radical (unpaired) electrons. The topological polar surface area (TPSA) is 43.4 Å². The summed E-state index contributed by atoms with van der Waals surface area (Å²) in [4.78, 5) is 4.70. The number of halogens is 2. The van der Waals surface area contributed by atoms with Crippen LogP contribution in [0.15, 0.2) is 35.7 Å². The highest BCUT2D eigenvalue weighted by atomic mass is 35.5. The van der Waals surface area contributed by atoms with Crippen molar-refractivity contribution in [2.75, 3.05) is 12.4 Å². The van der Waals surface area contributed by atoms with Gasteiger partial charge in [0.15, 0.2) is 16.6 Å². The first-order chi connectivity index (χ1) is 12.8. The van der Waals surface area contributed by atoms with Crippen LogP contribution in [0.4, 0.5) is 10.8 Å². The number of nitrogens with one attached hydrogen (secondary N) is 1. The molecule has 0 saturated heterocycles. The Morgan fingerprint density at radius 1 is 1.19 bits per heavy atom. The van der Waals surface area contributed by atoms with Crippen molar-refractivity contribution in [3.05, 3.63) is 51.3 Å². The average molecular weight is 421 g/mol. The number of rotatable bonds is 4. The Labute approximate surface area is 172 Å². The van der Waals surface area contributed by atoms with Crippen LogP contribution in [0.1, 0.15) is 19.4 Å². The van der Waals surface area contributed by atoms with Crippen LogP contribution in [-0.4, -0.2) is 17.7 Å². The number of benzene rings is 2. The van der Waals surface area contributed by atoms with Crippen molar-refractivity contribution in [2.45, 2.75) is 25.9 Å². The molecule has 0 unspecified atom stereocenters. The van der Waals surface area contributed by atoms with Crippen molar-refractivity contribution in [2.24, 2.45) is 0 Å². The van der Waals surface area contributed by atoms with Gasteiger partial charge in [-0.3, -0.25) is 0 Å². The first-order valence-corrected chi connectivity index (χ1v) is 10.1. The summed E-state index contributed by atoms with van der Waals surface area (Å²) in [7, 11) is 1.66. The van der Waals surface area contributed by atoms with E-state index in [0.29, 0.717) is 10.0 Å². The molecule has 1 aliphatic heterocycles. The smallest absolute Gasteiger partial charge is 0.187 e. The predicted octanol–water partition coefficient (Wildman–Crippen LogP) is 6.58. The van der Waals surface area contributed by atoms with Crippen molar-refractivity contribution >= 4 is 45.4 Å². The lowest BCUT2D eigenvalue weighted by Crippen LogP contribution is -2.24. The van der Waals surface area contributed by atoms with Gasteiger partial charge in [-0.05, 0) is 44.2 Å². The van der Waals surface area contributed by atoms with Crippen molar-refractivity contribution in [3.63, 3.8) is 0 Å². The average Bonchev–Trinajstić information content (AvgIpc) is 3.19. The Morgan fingerprint density at radius 3 is 2.74 bits per heavy atom. The van der Waals surface area contributed by atoms with Gasteiger partial charge in [0.2, 0.25) is 0 Å². The van der Waals surface area contributed by atoms with Crippen LogP contribution in [0.2, 0.25) is 10.0 Å². The van der Waals surface area contributed by atoms with Gasteiger partial charge in [0.05, 0.1) is 22.8 Å². The minimum absolute atomic E-state index is 0.225. The lowest BCUT2D eigenvalue weighted by Gasteiger charge is -2.17. The van der Waals surface area contributed by atoms with Gasteiger partial charge in [0, 0.05) is 28.6 Å². The third kappa shape index (κ3) is 3.72. The molecule has 3 aromatic rings. The van der Waals surface area contributed by atoms with Gasteiger partial charge in [0.1, 0.15) is 5.60 Å². The normalized spacial score (nSPS) is 14.6. The molecule has 2 aromatic carbocycles. The quantitative estimate of drug-likeness (QED) is 0.517. The predicted molar refractivity (Wildman–Crippen MR) is 112 cm³/mol. The number of aromatic nitrogens is 1. The Bertz CT molecular complexity index is 1020. The summed E-state index contributed by atoms with van der Waals surface area (Å²) < 4.78 is 11.6. The van der Waals surface area contributed by atoms with Crippen LogP contribution in [0.3, 0.4) is 0 Å². The maximum absolute atomic E-state index is 6.08. The number of anilines is 2. The molecule has 4 rings (SSSR count). The molecule has 0 aliphatic carbocycles. The van der Waals surface area contributed by atoms with Gasteiger partial charge in [-0.2, -0.15) is 0 Å². The third-order valence-electron chi connectivity index (χ3n) is 4.32. The summed E-state index contributed by atoms with van der Waals surface area (Å²) in [5.74, 6) is 1.57. The molecular weight excluding hydrogens is 403 g/mol. The van der Waals surface area contributed by atoms with E-state index < -0.39 is 0 Å². The SMILES string of the molecule is COc1cc(-c2csc(Nc3ccc(Cl)c(Cl)c3)n2)cc2c1OC(C)(C)C2. The number of thiazole rings is 1. The zero-order valence-electron chi connectivity index (χ0n) is 15.1. The molecule has 0 atom stereocenters. The van der Waals surface area contributed by atoms with E-state index in [0.717, 1.165) is 45.6 Å². The Hall–Kier alpha value is -1.95. The maximum Gasteiger partial charge on any atom is 0.187 e. The number of hydrogen-bond donors (Lipinski definition) is 1. The van der Waals surface area contributed by atoms with Gasteiger partial charge < -0.3 is 14.8 Å². The van der Waals surface area contributed by atoms with Gasteiger partial charge in [-0.1, -0.05) is 23.2 Å². The number of methoxy groups -OCH3 is 1. The zero-order chi connectivity index (χ0) is 19.2. The van der Waals surface area contributed by atoms with E-state index >= 15 is 0 Å². The van der Waals surface area contributed by atoms with E-state index in [4.69, 9.17) is 37.7 Å². The van der Waals surface area contributed by atoms with Crippen LogP contribution in [0.25, 0.3) is 11.3 Å². The highest BCUT2D eigenvalue weighted by Gasteiger charge is 2.33. The number of fused-ring (bicyclic) bond motifs is 1. The highest BCUT2D eigenvalue weighted by Crippen LogP contribution is 2.44. The zero-order valence-corrected chi connectivity index (χ0v) is 17.4. The fraction of sp³-hybridized carbons (Fsp3) is 0.250. The van der Waals surface area contributed by atoms with Gasteiger partial charge >= 0.3 is 0 Å². The van der Waals surface area contributed by atoms with Crippen LogP contribution < -0.4 is 14.8 Å². The first-order valence-electron chi connectivity index (χ1n) is 8.42. The number of ether oxygens (including phenoxy) is 2. The molecule has 0 spiro atoms. The van der Waals surface area contributed by atoms with E-state index in [-0.39, 0.29) is 5.60 Å². The molecular formula is C20H18Cl2N2O2S. The van der Waals surface area contributed by atoms with Gasteiger partial charge in [0.25, 0.3) is 0 Å². The molecule has 140 valence electrons. The largest absolute Gasteiger partial charge is 0.493 e. The standard InChI is InChI=1S/C20H18Cl2N2O2S/c1-20(2)9-12-6-11(7-17(25-3)18(12)26-20)16-10-27-19(24-16)23-13-4-5-14(21)15(22)8-13/h4-8,10H,9H2,1-3H3,(H,23,24). The molecule has 1 aromatic heterocycles. The van der Waals surface area contributed by atoms with E-state index in [1.54, 1.807) is 19.2 Å². The highest BCUT2D eigenvalue weighted by molar-refractivity contribution is 7.14. The summed E-state index contributed by atoms with van der Waals surface area (Å²) in [6, 6.07) is 9.51. The van der Waals surface area contributed by atoms with Crippen LogP contribution >= 0.6 is 34.5 Å². The molecule has 7 heteroatoms.